The molecular formula is C23H24N4O5. The van der Waals surface area contributed by atoms with Crippen LogP contribution in [0.25, 0.3) is 0 Å². The molecule has 2 saturated heterocycles. The average Bonchev–Trinajstić information content (AvgIpc) is 2.94. The maximum atomic E-state index is 10.4. The molecule has 1 saturated carbocycles. The third-order valence-electron chi connectivity index (χ3n) is 7.06. The molecule has 1 aromatic rings. The van der Waals surface area contributed by atoms with Gasteiger partial charge in [0.2, 0.25) is 22.8 Å². The minimum atomic E-state index is -2.02. The van der Waals surface area contributed by atoms with Crippen molar-refractivity contribution in [1.29, 1.82) is 21.2 Å². The van der Waals surface area contributed by atoms with E-state index in [-0.39, 0.29) is 5.90 Å². The monoisotopic (exact) mass is 436 g/mol. The van der Waals surface area contributed by atoms with Crippen molar-refractivity contribution in [1.82, 2.24) is 0 Å². The summed E-state index contributed by atoms with van der Waals surface area (Å²) in [5.74, 6) is -1.21. The van der Waals surface area contributed by atoms with Gasteiger partial charge in [0.15, 0.2) is 16.9 Å². The van der Waals surface area contributed by atoms with Crippen LogP contribution in [0, 0.1) is 56.2 Å². The zero-order valence-electron chi connectivity index (χ0n) is 18.2. The topological polar surface area (TPSA) is 141 Å². The number of benzene rings is 1. The second kappa shape index (κ2) is 7.58. The van der Waals surface area contributed by atoms with Crippen molar-refractivity contribution < 1.29 is 23.7 Å². The number of nitriles is 3. The van der Waals surface area contributed by atoms with Gasteiger partial charge in [-0.2, -0.15) is 15.8 Å². The van der Waals surface area contributed by atoms with Crippen LogP contribution in [0.5, 0.6) is 17.2 Å². The number of nitrogens with zero attached hydrogens (tertiary/aromatic N) is 3. The van der Waals surface area contributed by atoms with Crippen molar-refractivity contribution in [3.8, 4) is 35.5 Å². The molecule has 1 N–H and O–H groups in total. The summed E-state index contributed by atoms with van der Waals surface area (Å²) in [7, 11) is 4.40. The van der Waals surface area contributed by atoms with E-state index in [0.717, 1.165) is 19.3 Å². The Morgan fingerprint density at radius 1 is 0.969 bits per heavy atom. The summed E-state index contributed by atoms with van der Waals surface area (Å²) in [6.07, 6.45) is 2.33. The van der Waals surface area contributed by atoms with Crippen molar-refractivity contribution in [2.24, 2.45) is 16.7 Å². The number of ether oxygens (including phenoxy) is 5. The summed E-state index contributed by atoms with van der Waals surface area (Å²) in [6.45, 7) is 0. The fourth-order valence-electron chi connectivity index (χ4n) is 5.59. The van der Waals surface area contributed by atoms with E-state index in [4.69, 9.17) is 29.1 Å². The Balaban J connectivity index is 2.01. The number of methoxy groups -OCH3 is 3. The number of hydrogen-bond acceptors (Lipinski definition) is 9. The lowest BCUT2D eigenvalue weighted by atomic mass is 9.52. The maximum Gasteiger partial charge on any atom is 0.217 e. The Hall–Kier alpha value is -3.48. The van der Waals surface area contributed by atoms with Gasteiger partial charge >= 0.3 is 0 Å². The molecular weight excluding hydrogens is 412 g/mol. The molecule has 2 bridgehead atoms. The van der Waals surface area contributed by atoms with Gasteiger partial charge in [0.05, 0.1) is 45.5 Å². The molecule has 2 heterocycles. The standard InChI is InChI=1S/C23H24N4O5/c1-28-15-9-14(10-16(29-2)18(15)30-3)19-21(11-24,12-25)22(13-26)17-7-5-4-6-8-23(17,31-19)32-20(22)27/h9-10,17,19,27H,4-8H2,1-3H3. The molecule has 4 rings (SSSR count). The van der Waals surface area contributed by atoms with Crippen molar-refractivity contribution in [3.63, 3.8) is 0 Å². The van der Waals surface area contributed by atoms with Crippen LogP contribution in [0.15, 0.2) is 12.1 Å². The lowest BCUT2D eigenvalue weighted by molar-refractivity contribution is -0.285. The van der Waals surface area contributed by atoms with Crippen molar-refractivity contribution in [3.05, 3.63) is 17.7 Å². The number of rotatable bonds is 4. The van der Waals surface area contributed by atoms with E-state index in [1.807, 2.05) is 0 Å². The minimum absolute atomic E-state index is 0.324. The Labute approximate surface area is 186 Å². The van der Waals surface area contributed by atoms with E-state index in [9.17, 15) is 15.8 Å². The van der Waals surface area contributed by atoms with Gasteiger partial charge in [-0.15, -0.1) is 0 Å². The molecule has 4 unspecified atom stereocenters. The van der Waals surface area contributed by atoms with E-state index in [1.165, 1.54) is 21.3 Å². The summed E-state index contributed by atoms with van der Waals surface area (Å²) in [5, 5.41) is 39.8. The molecule has 9 nitrogen and oxygen atoms in total. The molecule has 32 heavy (non-hydrogen) atoms. The van der Waals surface area contributed by atoms with Gasteiger partial charge in [-0.25, -0.2) is 0 Å². The van der Waals surface area contributed by atoms with Gasteiger partial charge in [-0.1, -0.05) is 12.8 Å². The zero-order chi connectivity index (χ0) is 23.1. The fraction of sp³-hybridized carbons (Fsp3) is 0.565. The number of hydrogen-bond donors (Lipinski definition) is 1. The first kappa shape index (κ1) is 21.7. The fourth-order valence-corrected chi connectivity index (χ4v) is 5.59. The highest BCUT2D eigenvalue weighted by Crippen LogP contribution is 2.69. The summed E-state index contributed by atoms with van der Waals surface area (Å²) in [6, 6.07) is 9.56. The summed E-state index contributed by atoms with van der Waals surface area (Å²) >= 11 is 0. The van der Waals surface area contributed by atoms with Crippen LogP contribution in [0.1, 0.15) is 43.8 Å². The minimum Gasteiger partial charge on any atom is -0.493 e. The molecule has 1 aromatic carbocycles. The third kappa shape index (κ3) is 2.48. The summed E-state index contributed by atoms with van der Waals surface area (Å²) < 4.78 is 28.7. The first-order chi connectivity index (χ1) is 15.4. The molecule has 3 aliphatic rings. The molecule has 166 valence electrons. The van der Waals surface area contributed by atoms with Crippen LogP contribution >= 0.6 is 0 Å². The zero-order valence-corrected chi connectivity index (χ0v) is 18.2. The molecule has 0 amide bonds. The Kier molecular flexibility index (Phi) is 5.15. The van der Waals surface area contributed by atoms with Crippen LogP contribution in [-0.4, -0.2) is 33.0 Å². The highest BCUT2D eigenvalue weighted by molar-refractivity contribution is 5.89. The normalized spacial score (nSPS) is 32.2. The Bertz CT molecular complexity index is 1040. The largest absolute Gasteiger partial charge is 0.493 e. The molecule has 1 aliphatic carbocycles. The van der Waals surface area contributed by atoms with Crippen LogP contribution < -0.4 is 14.2 Å². The highest BCUT2D eigenvalue weighted by atomic mass is 16.7. The lowest BCUT2D eigenvalue weighted by Gasteiger charge is -2.49. The van der Waals surface area contributed by atoms with Gasteiger partial charge in [0.1, 0.15) is 6.10 Å². The van der Waals surface area contributed by atoms with Gasteiger partial charge in [-0.05, 0) is 30.5 Å². The smallest absolute Gasteiger partial charge is 0.217 e. The quantitative estimate of drug-likeness (QED) is 0.754. The van der Waals surface area contributed by atoms with Crippen LogP contribution in [0.3, 0.4) is 0 Å². The third-order valence-corrected chi connectivity index (χ3v) is 7.06. The average molecular weight is 436 g/mol. The second-order valence-electron chi connectivity index (χ2n) is 8.30. The second-order valence-corrected chi connectivity index (χ2v) is 8.30. The van der Waals surface area contributed by atoms with E-state index in [0.29, 0.717) is 35.7 Å². The molecule has 0 aromatic heterocycles. The SMILES string of the molecule is COc1cc(C2OC34CCCCCC3C(C#N)(C(=N)O4)C2(C#N)C#N)cc(OC)c1OC. The predicted octanol–water partition coefficient (Wildman–Crippen LogP) is 3.61. The molecule has 4 atom stereocenters. The molecule has 3 fully saturated rings. The van der Waals surface area contributed by atoms with Crippen molar-refractivity contribution in [2.45, 2.75) is 44.0 Å². The molecule has 0 spiro atoms. The number of nitrogens with one attached hydrogen (secondary N) is 1. The molecule has 2 aliphatic heterocycles. The van der Waals surface area contributed by atoms with Gasteiger partial charge in [-0.3, -0.25) is 5.41 Å². The van der Waals surface area contributed by atoms with E-state index >= 15 is 0 Å². The lowest BCUT2D eigenvalue weighted by Crippen LogP contribution is -2.59. The maximum absolute atomic E-state index is 10.4. The van der Waals surface area contributed by atoms with Crippen molar-refractivity contribution in [2.75, 3.05) is 21.3 Å². The van der Waals surface area contributed by atoms with E-state index in [1.54, 1.807) is 12.1 Å². The Morgan fingerprint density at radius 2 is 1.62 bits per heavy atom. The van der Waals surface area contributed by atoms with E-state index < -0.39 is 28.6 Å². The van der Waals surface area contributed by atoms with Crippen molar-refractivity contribution >= 4 is 5.90 Å². The van der Waals surface area contributed by atoms with Crippen LogP contribution in [-0.2, 0) is 9.47 Å². The molecule has 9 heteroatoms. The first-order valence-electron chi connectivity index (χ1n) is 10.4. The van der Waals surface area contributed by atoms with E-state index in [2.05, 4.69) is 18.2 Å². The van der Waals surface area contributed by atoms with Gasteiger partial charge < -0.3 is 23.7 Å². The van der Waals surface area contributed by atoms with Crippen LogP contribution in [0.4, 0.5) is 0 Å². The first-order valence-corrected chi connectivity index (χ1v) is 10.4. The van der Waals surface area contributed by atoms with Gasteiger partial charge in [0.25, 0.3) is 0 Å². The van der Waals surface area contributed by atoms with Gasteiger partial charge in [0, 0.05) is 6.42 Å². The summed E-state index contributed by atoms with van der Waals surface area (Å²) in [5.41, 5.74) is -3.37. The predicted molar refractivity (Wildman–Crippen MR) is 110 cm³/mol. The van der Waals surface area contributed by atoms with Crippen LogP contribution in [0.2, 0.25) is 0 Å². The molecule has 0 radical (unpaired) electrons. The summed E-state index contributed by atoms with van der Waals surface area (Å²) in [4.78, 5) is 0. The highest BCUT2D eigenvalue weighted by Gasteiger charge is 2.80. The Morgan fingerprint density at radius 3 is 2.16 bits per heavy atom.